The second-order valence-electron chi connectivity index (χ2n) is 4.15. The highest BCUT2D eigenvalue weighted by molar-refractivity contribution is 6.32. The van der Waals surface area contributed by atoms with Gasteiger partial charge in [-0.25, -0.2) is 0 Å². The van der Waals surface area contributed by atoms with E-state index < -0.39 is 0 Å². The lowest BCUT2D eigenvalue weighted by Gasteiger charge is -2.23. The molecule has 19 heavy (non-hydrogen) atoms. The lowest BCUT2D eigenvalue weighted by atomic mass is 10.1. The van der Waals surface area contributed by atoms with Crippen LogP contribution < -0.4 is 5.73 Å². The summed E-state index contributed by atoms with van der Waals surface area (Å²) in [6.45, 7) is 1.93. The Morgan fingerprint density at radius 2 is 2.26 bits per heavy atom. The Kier molecular flexibility index (Phi) is 5.84. The Hall–Kier alpha value is -1.54. The maximum Gasteiger partial charge on any atom is 0.253 e. The van der Waals surface area contributed by atoms with E-state index in [0.29, 0.717) is 16.1 Å². The number of rotatable bonds is 3. The number of carbonyl (C=O) groups is 1. The van der Waals surface area contributed by atoms with Crippen LogP contribution in [-0.4, -0.2) is 42.2 Å². The number of nitrogens with zero attached hydrogens (tertiary/aromatic N) is 1. The second-order valence-corrected chi connectivity index (χ2v) is 4.56. The van der Waals surface area contributed by atoms with Crippen LogP contribution in [0, 0.1) is 11.8 Å². The number of carbonyl (C=O) groups excluding carboxylic acids is 1. The summed E-state index contributed by atoms with van der Waals surface area (Å²) in [6.07, 6.45) is 0. The topological polar surface area (TPSA) is 66.6 Å². The number of benzene rings is 1. The number of likely N-dealkylation sites (N-methyl/N-ethyl adjacent to an activating group) is 1. The molecule has 1 atom stereocenters. The van der Waals surface area contributed by atoms with E-state index >= 15 is 0 Å². The molecule has 0 aliphatic rings. The van der Waals surface area contributed by atoms with Gasteiger partial charge in [0.15, 0.2) is 0 Å². The Morgan fingerprint density at radius 1 is 1.58 bits per heavy atom. The molecule has 1 aromatic rings. The average Bonchev–Trinajstić information content (AvgIpc) is 2.43. The largest absolute Gasteiger partial charge is 0.394 e. The first-order valence-corrected chi connectivity index (χ1v) is 6.25. The minimum Gasteiger partial charge on any atom is -0.394 e. The van der Waals surface area contributed by atoms with Crippen LogP contribution in [0.2, 0.25) is 5.02 Å². The molecule has 0 aliphatic heterocycles. The van der Waals surface area contributed by atoms with E-state index in [4.69, 9.17) is 22.4 Å². The van der Waals surface area contributed by atoms with Gasteiger partial charge in [0.1, 0.15) is 0 Å². The molecular formula is C14H17ClN2O2. The molecule has 1 rings (SSSR count). The Labute approximate surface area is 118 Å². The van der Waals surface area contributed by atoms with E-state index in [1.165, 1.54) is 4.90 Å². The van der Waals surface area contributed by atoms with Gasteiger partial charge in [-0.15, -0.1) is 0 Å². The Bertz CT molecular complexity index is 520. The number of aliphatic hydroxyl groups excluding tert-OH is 1. The first-order valence-electron chi connectivity index (χ1n) is 5.87. The highest BCUT2D eigenvalue weighted by Gasteiger charge is 2.17. The Morgan fingerprint density at radius 3 is 2.79 bits per heavy atom. The minimum atomic E-state index is -0.247. The van der Waals surface area contributed by atoms with Crippen molar-refractivity contribution in [2.24, 2.45) is 5.73 Å². The summed E-state index contributed by atoms with van der Waals surface area (Å²) >= 11 is 6.06. The molecule has 4 nitrogen and oxygen atoms in total. The molecule has 1 aromatic carbocycles. The summed E-state index contributed by atoms with van der Waals surface area (Å²) in [5.74, 6) is 5.35. The fraction of sp³-hybridized carbons (Fsp3) is 0.357. The molecule has 102 valence electrons. The summed E-state index contributed by atoms with van der Waals surface area (Å²) < 4.78 is 0. The third-order valence-corrected chi connectivity index (χ3v) is 3.10. The van der Waals surface area contributed by atoms with Crippen molar-refractivity contribution in [2.75, 3.05) is 20.2 Å². The fourth-order valence-electron chi connectivity index (χ4n) is 1.42. The van der Waals surface area contributed by atoms with Crippen molar-refractivity contribution in [3.8, 4) is 11.8 Å². The molecule has 0 saturated carbocycles. The minimum absolute atomic E-state index is 0.0873. The predicted molar refractivity (Wildman–Crippen MR) is 76.0 cm³/mol. The number of hydrogen-bond acceptors (Lipinski definition) is 3. The summed E-state index contributed by atoms with van der Waals surface area (Å²) in [5, 5.41) is 9.46. The third kappa shape index (κ3) is 3.97. The quantitative estimate of drug-likeness (QED) is 0.815. The van der Waals surface area contributed by atoms with Gasteiger partial charge in [-0.2, -0.15) is 0 Å². The van der Waals surface area contributed by atoms with Crippen molar-refractivity contribution >= 4 is 17.5 Å². The van der Waals surface area contributed by atoms with E-state index in [2.05, 4.69) is 11.8 Å². The lowest BCUT2D eigenvalue weighted by Crippen LogP contribution is -2.37. The first kappa shape index (κ1) is 15.5. The fourth-order valence-corrected chi connectivity index (χ4v) is 1.65. The highest BCUT2D eigenvalue weighted by atomic mass is 35.5. The Balaban J connectivity index is 2.98. The standard InChI is InChI=1S/C14H17ClN2O2/c1-10(9-18)17(2)14(19)12-6-5-11(4-3-7-16)13(15)8-12/h5-6,8,10,18H,7,9,16H2,1-2H3. The molecule has 0 saturated heterocycles. The van der Waals surface area contributed by atoms with Crippen LogP contribution in [0.25, 0.3) is 0 Å². The number of aliphatic hydroxyl groups is 1. The van der Waals surface area contributed by atoms with Gasteiger partial charge in [-0.1, -0.05) is 23.4 Å². The van der Waals surface area contributed by atoms with Gasteiger partial charge in [0.05, 0.1) is 24.2 Å². The molecule has 0 fully saturated rings. The zero-order valence-corrected chi connectivity index (χ0v) is 11.7. The monoisotopic (exact) mass is 280 g/mol. The van der Waals surface area contributed by atoms with Crippen LogP contribution in [0.1, 0.15) is 22.8 Å². The van der Waals surface area contributed by atoms with Crippen LogP contribution in [0.15, 0.2) is 18.2 Å². The number of amides is 1. The molecule has 1 amide bonds. The summed E-state index contributed by atoms with van der Waals surface area (Å²) in [4.78, 5) is 13.6. The van der Waals surface area contributed by atoms with Crippen LogP contribution in [0.3, 0.4) is 0 Å². The number of hydrogen-bond donors (Lipinski definition) is 2. The summed E-state index contributed by atoms with van der Waals surface area (Å²) in [7, 11) is 1.64. The number of nitrogens with two attached hydrogens (primary N) is 1. The summed E-state index contributed by atoms with van der Waals surface area (Å²) in [6, 6.07) is 4.68. The maximum absolute atomic E-state index is 12.1. The van der Waals surface area contributed by atoms with Crippen molar-refractivity contribution in [2.45, 2.75) is 13.0 Å². The molecule has 0 aliphatic carbocycles. The van der Waals surface area contributed by atoms with Crippen molar-refractivity contribution in [3.63, 3.8) is 0 Å². The van der Waals surface area contributed by atoms with E-state index in [1.54, 1.807) is 32.2 Å². The van der Waals surface area contributed by atoms with Crippen LogP contribution in [-0.2, 0) is 0 Å². The van der Waals surface area contributed by atoms with Gasteiger partial charge in [-0.3, -0.25) is 4.79 Å². The molecule has 0 aromatic heterocycles. The van der Waals surface area contributed by atoms with Gasteiger partial charge in [0.25, 0.3) is 5.91 Å². The SMILES string of the molecule is CC(CO)N(C)C(=O)c1ccc(C#CCN)c(Cl)c1. The first-order chi connectivity index (χ1) is 9.01. The van der Waals surface area contributed by atoms with Gasteiger partial charge in [0, 0.05) is 18.2 Å². The zero-order chi connectivity index (χ0) is 14.4. The maximum atomic E-state index is 12.1. The molecule has 5 heteroatoms. The molecule has 1 unspecified atom stereocenters. The van der Waals surface area contributed by atoms with E-state index in [0.717, 1.165) is 0 Å². The van der Waals surface area contributed by atoms with E-state index in [-0.39, 0.29) is 25.1 Å². The second kappa shape index (κ2) is 7.15. The molecular weight excluding hydrogens is 264 g/mol. The van der Waals surface area contributed by atoms with Crippen LogP contribution in [0.5, 0.6) is 0 Å². The zero-order valence-electron chi connectivity index (χ0n) is 11.0. The third-order valence-electron chi connectivity index (χ3n) is 2.79. The molecule has 0 radical (unpaired) electrons. The van der Waals surface area contributed by atoms with Crippen molar-refractivity contribution in [1.82, 2.24) is 4.90 Å². The van der Waals surface area contributed by atoms with Crippen molar-refractivity contribution in [1.29, 1.82) is 0 Å². The van der Waals surface area contributed by atoms with E-state index in [1.807, 2.05) is 0 Å². The molecule has 0 spiro atoms. The normalized spacial score (nSPS) is 11.4. The van der Waals surface area contributed by atoms with Crippen LogP contribution >= 0.6 is 11.6 Å². The average molecular weight is 281 g/mol. The summed E-state index contributed by atoms with van der Waals surface area (Å²) in [5.41, 5.74) is 6.40. The number of halogens is 1. The van der Waals surface area contributed by atoms with Gasteiger partial charge in [0.2, 0.25) is 0 Å². The van der Waals surface area contributed by atoms with E-state index in [9.17, 15) is 4.79 Å². The van der Waals surface area contributed by atoms with Gasteiger partial charge >= 0.3 is 0 Å². The van der Waals surface area contributed by atoms with Gasteiger partial charge < -0.3 is 15.7 Å². The smallest absolute Gasteiger partial charge is 0.253 e. The van der Waals surface area contributed by atoms with Gasteiger partial charge in [-0.05, 0) is 25.1 Å². The molecule has 3 N–H and O–H groups in total. The molecule has 0 heterocycles. The lowest BCUT2D eigenvalue weighted by molar-refractivity contribution is 0.0682. The highest BCUT2D eigenvalue weighted by Crippen LogP contribution is 2.18. The van der Waals surface area contributed by atoms with Crippen molar-refractivity contribution in [3.05, 3.63) is 34.3 Å². The van der Waals surface area contributed by atoms with Crippen LogP contribution in [0.4, 0.5) is 0 Å². The van der Waals surface area contributed by atoms with Crippen molar-refractivity contribution < 1.29 is 9.90 Å². The predicted octanol–water partition coefficient (Wildman–Crippen LogP) is 1.10. The molecule has 0 bridgehead atoms.